The van der Waals surface area contributed by atoms with E-state index in [1.54, 1.807) is 21.3 Å². The van der Waals surface area contributed by atoms with Crippen LogP contribution >= 0.6 is 0 Å². The molecule has 1 amide bonds. The van der Waals surface area contributed by atoms with Gasteiger partial charge >= 0.3 is 5.69 Å². The molecular weight excluding hydrogens is 466 g/mol. The van der Waals surface area contributed by atoms with Gasteiger partial charge in [-0.25, -0.2) is 13.2 Å². The van der Waals surface area contributed by atoms with Crippen molar-refractivity contribution in [2.24, 2.45) is 0 Å². The van der Waals surface area contributed by atoms with Crippen LogP contribution in [-0.2, 0) is 27.9 Å². The highest BCUT2D eigenvalue weighted by molar-refractivity contribution is 7.89. The van der Waals surface area contributed by atoms with Crippen molar-refractivity contribution in [2.75, 3.05) is 38.0 Å². The van der Waals surface area contributed by atoms with Crippen molar-refractivity contribution in [3.8, 4) is 0 Å². The maximum absolute atomic E-state index is 12.9. The van der Waals surface area contributed by atoms with E-state index in [1.165, 1.54) is 16.4 Å². The van der Waals surface area contributed by atoms with Gasteiger partial charge in [0.25, 0.3) is 0 Å². The van der Waals surface area contributed by atoms with Crippen LogP contribution in [0.25, 0.3) is 11.0 Å². The second-order valence-corrected chi connectivity index (χ2v) is 10.7. The first-order valence-electron chi connectivity index (χ1n) is 12.2. The maximum Gasteiger partial charge on any atom is 0.329 e. The van der Waals surface area contributed by atoms with Crippen molar-refractivity contribution >= 4 is 32.7 Å². The molecule has 0 saturated carbocycles. The van der Waals surface area contributed by atoms with E-state index in [2.05, 4.69) is 17.1 Å². The van der Waals surface area contributed by atoms with Gasteiger partial charge in [0.2, 0.25) is 15.9 Å². The zero-order valence-electron chi connectivity index (χ0n) is 20.3. The summed E-state index contributed by atoms with van der Waals surface area (Å²) >= 11 is 0. The number of benzene rings is 2. The maximum atomic E-state index is 12.9. The summed E-state index contributed by atoms with van der Waals surface area (Å²) < 4.78 is 30.8. The molecule has 9 nitrogen and oxygen atoms in total. The molecule has 1 aliphatic heterocycles. The SMILES string of the molecule is CCCn1c(=O)n(CCC(=O)Nc2ccc(S(=O)(=O)N3CCN(CC)CC3)cc2)c2ccccc21. The fourth-order valence-electron chi connectivity index (χ4n) is 4.51. The predicted molar refractivity (Wildman–Crippen MR) is 137 cm³/mol. The molecule has 35 heavy (non-hydrogen) atoms. The van der Waals surface area contributed by atoms with Gasteiger partial charge in [0.05, 0.1) is 15.9 Å². The normalized spacial score (nSPS) is 15.5. The lowest BCUT2D eigenvalue weighted by Crippen LogP contribution is -2.48. The van der Waals surface area contributed by atoms with Gasteiger partial charge in [0.15, 0.2) is 0 Å². The fraction of sp³-hybridized carbons (Fsp3) is 0.440. The van der Waals surface area contributed by atoms with Crippen molar-refractivity contribution in [2.45, 2.75) is 44.7 Å². The summed E-state index contributed by atoms with van der Waals surface area (Å²) in [6, 6.07) is 13.9. The first-order valence-corrected chi connectivity index (χ1v) is 13.6. The van der Waals surface area contributed by atoms with Crippen LogP contribution in [0.15, 0.2) is 58.2 Å². The van der Waals surface area contributed by atoms with E-state index in [0.29, 0.717) is 25.3 Å². The van der Waals surface area contributed by atoms with Gasteiger partial charge in [0, 0.05) is 51.4 Å². The second kappa shape index (κ2) is 10.8. The summed E-state index contributed by atoms with van der Waals surface area (Å²) in [5.74, 6) is -0.240. The number of imidazole rings is 1. The Hall–Kier alpha value is -2.95. The van der Waals surface area contributed by atoms with Crippen LogP contribution in [-0.4, -0.2) is 65.4 Å². The van der Waals surface area contributed by atoms with E-state index in [0.717, 1.165) is 37.1 Å². The Labute approximate surface area is 206 Å². The molecular formula is C25H33N5O4S. The first kappa shape index (κ1) is 25.2. The third-order valence-corrected chi connectivity index (χ3v) is 8.40. The zero-order chi connectivity index (χ0) is 25.0. The predicted octanol–water partition coefficient (Wildman–Crippen LogP) is 2.57. The van der Waals surface area contributed by atoms with Crippen LogP contribution < -0.4 is 11.0 Å². The number of piperazine rings is 1. The molecule has 10 heteroatoms. The zero-order valence-corrected chi connectivity index (χ0v) is 21.1. The van der Waals surface area contributed by atoms with Gasteiger partial charge < -0.3 is 10.2 Å². The van der Waals surface area contributed by atoms with Gasteiger partial charge in [-0.2, -0.15) is 4.31 Å². The monoisotopic (exact) mass is 499 g/mol. The van der Waals surface area contributed by atoms with Crippen molar-refractivity contribution in [1.29, 1.82) is 0 Å². The quantitative estimate of drug-likeness (QED) is 0.488. The minimum absolute atomic E-state index is 0.116. The molecule has 1 aromatic heterocycles. The molecule has 188 valence electrons. The number of hydrogen-bond donors (Lipinski definition) is 1. The van der Waals surface area contributed by atoms with Crippen LogP contribution in [0.4, 0.5) is 5.69 Å². The van der Waals surface area contributed by atoms with Crippen molar-refractivity contribution in [3.05, 3.63) is 59.0 Å². The second-order valence-electron chi connectivity index (χ2n) is 8.74. The van der Waals surface area contributed by atoms with Crippen LogP contribution in [0.1, 0.15) is 26.7 Å². The lowest BCUT2D eigenvalue weighted by molar-refractivity contribution is -0.116. The van der Waals surface area contributed by atoms with E-state index >= 15 is 0 Å². The average molecular weight is 500 g/mol. The number of fused-ring (bicyclic) bond motifs is 1. The van der Waals surface area contributed by atoms with Crippen molar-refractivity contribution < 1.29 is 13.2 Å². The standard InChI is InChI=1S/C25H33N5O4S/c1-3-14-29-22-7-5-6-8-23(22)30(25(29)32)15-13-24(31)26-20-9-11-21(12-10-20)35(33,34)28-18-16-27(4-2)17-19-28/h5-12H,3-4,13-19H2,1-2H3,(H,26,31). The number of nitrogens with zero attached hydrogens (tertiary/aromatic N) is 4. The molecule has 0 radical (unpaired) electrons. The number of aryl methyl sites for hydroxylation is 2. The molecule has 1 saturated heterocycles. The van der Waals surface area contributed by atoms with Gasteiger partial charge in [-0.3, -0.25) is 13.9 Å². The lowest BCUT2D eigenvalue weighted by Gasteiger charge is -2.33. The Morgan fingerprint density at radius 2 is 1.49 bits per heavy atom. The van der Waals surface area contributed by atoms with E-state index in [4.69, 9.17) is 0 Å². The molecule has 2 heterocycles. The molecule has 0 spiro atoms. The number of para-hydroxylation sites is 2. The number of carbonyl (C=O) groups excluding carboxylic acids is 1. The fourth-order valence-corrected chi connectivity index (χ4v) is 5.93. The molecule has 1 fully saturated rings. The summed E-state index contributed by atoms with van der Waals surface area (Å²) in [7, 11) is -3.56. The summed E-state index contributed by atoms with van der Waals surface area (Å²) in [5.41, 5.74) is 2.08. The van der Waals surface area contributed by atoms with Crippen molar-refractivity contribution in [3.63, 3.8) is 0 Å². The summed E-state index contributed by atoms with van der Waals surface area (Å²) in [6.45, 7) is 8.30. The largest absolute Gasteiger partial charge is 0.329 e. The number of rotatable bonds is 9. The highest BCUT2D eigenvalue weighted by Gasteiger charge is 2.28. The van der Waals surface area contributed by atoms with E-state index in [-0.39, 0.29) is 29.5 Å². The minimum Gasteiger partial charge on any atom is -0.326 e. The van der Waals surface area contributed by atoms with E-state index < -0.39 is 10.0 Å². The lowest BCUT2D eigenvalue weighted by atomic mass is 10.3. The average Bonchev–Trinajstić information content (AvgIpc) is 3.14. The number of nitrogens with one attached hydrogen (secondary N) is 1. The Balaban J connectivity index is 1.39. The number of carbonyl (C=O) groups is 1. The molecule has 2 aromatic carbocycles. The van der Waals surface area contributed by atoms with Gasteiger partial charge in [-0.15, -0.1) is 0 Å². The molecule has 0 aliphatic carbocycles. The number of likely N-dealkylation sites (N-methyl/N-ethyl adjacent to an activating group) is 1. The summed E-state index contributed by atoms with van der Waals surface area (Å²) in [5, 5.41) is 2.81. The number of anilines is 1. The van der Waals surface area contributed by atoms with Crippen LogP contribution in [0, 0.1) is 0 Å². The van der Waals surface area contributed by atoms with Crippen LogP contribution in [0.3, 0.4) is 0 Å². The molecule has 0 bridgehead atoms. The molecule has 0 unspecified atom stereocenters. The van der Waals surface area contributed by atoms with E-state index in [9.17, 15) is 18.0 Å². The highest BCUT2D eigenvalue weighted by Crippen LogP contribution is 2.20. The number of hydrogen-bond acceptors (Lipinski definition) is 5. The number of sulfonamides is 1. The Kier molecular flexibility index (Phi) is 7.73. The topological polar surface area (TPSA) is 96.6 Å². The van der Waals surface area contributed by atoms with Crippen LogP contribution in [0.5, 0.6) is 0 Å². The molecule has 1 aliphatic rings. The summed E-state index contributed by atoms with van der Waals surface area (Å²) in [4.78, 5) is 27.9. The molecule has 4 rings (SSSR count). The van der Waals surface area contributed by atoms with Gasteiger partial charge in [0.1, 0.15) is 0 Å². The Morgan fingerprint density at radius 1 is 0.886 bits per heavy atom. The van der Waals surface area contributed by atoms with Gasteiger partial charge in [-0.1, -0.05) is 26.0 Å². The third-order valence-electron chi connectivity index (χ3n) is 6.49. The molecule has 1 N–H and O–H groups in total. The van der Waals surface area contributed by atoms with Crippen LogP contribution in [0.2, 0.25) is 0 Å². The molecule has 0 atom stereocenters. The Morgan fingerprint density at radius 3 is 2.06 bits per heavy atom. The number of amides is 1. The minimum atomic E-state index is -3.56. The number of aromatic nitrogens is 2. The molecule has 3 aromatic rings. The van der Waals surface area contributed by atoms with Crippen molar-refractivity contribution in [1.82, 2.24) is 18.3 Å². The highest BCUT2D eigenvalue weighted by atomic mass is 32.2. The Bertz CT molecular complexity index is 1340. The van der Waals surface area contributed by atoms with E-state index in [1.807, 2.05) is 31.2 Å². The van der Waals surface area contributed by atoms with Gasteiger partial charge in [-0.05, 0) is 49.4 Å². The third kappa shape index (κ3) is 5.34. The first-order chi connectivity index (χ1) is 16.8. The summed E-state index contributed by atoms with van der Waals surface area (Å²) in [6.07, 6.45) is 0.969. The smallest absolute Gasteiger partial charge is 0.326 e.